The van der Waals surface area contributed by atoms with Crippen molar-refractivity contribution in [1.82, 2.24) is 4.57 Å². The van der Waals surface area contributed by atoms with Crippen LogP contribution >= 0.6 is 0 Å². The van der Waals surface area contributed by atoms with E-state index in [9.17, 15) is 4.79 Å². The molecule has 0 amide bonds. The first-order chi connectivity index (χ1) is 5.70. The van der Waals surface area contributed by atoms with E-state index in [1.165, 1.54) is 0 Å². The molecular formula is C9H15ClN2O. The second-order valence-electron chi connectivity index (χ2n) is 2.77. The van der Waals surface area contributed by atoms with Crippen molar-refractivity contribution in [1.29, 1.82) is 0 Å². The van der Waals surface area contributed by atoms with Crippen LogP contribution in [0.1, 0.15) is 19.5 Å². The van der Waals surface area contributed by atoms with Gasteiger partial charge in [0.1, 0.15) is 5.69 Å². The molecule has 0 N–H and O–H groups in total. The molecule has 0 fully saturated rings. The molecule has 0 aliphatic rings. The van der Waals surface area contributed by atoms with E-state index in [2.05, 4.69) is 0 Å². The minimum Gasteiger partial charge on any atom is -1.00 e. The summed E-state index contributed by atoms with van der Waals surface area (Å²) < 4.78 is 3.47. The SMILES string of the molecule is CCn1c(C)cc[n+](CC)c1=O.[Cl-]. The summed E-state index contributed by atoms with van der Waals surface area (Å²) in [6, 6.07) is 1.97. The van der Waals surface area contributed by atoms with Gasteiger partial charge >= 0.3 is 5.69 Å². The van der Waals surface area contributed by atoms with Gasteiger partial charge in [-0.05, 0) is 20.8 Å². The molecule has 0 saturated carbocycles. The van der Waals surface area contributed by atoms with Gasteiger partial charge in [0, 0.05) is 6.07 Å². The summed E-state index contributed by atoms with van der Waals surface area (Å²) in [5.41, 5.74) is 1.10. The lowest BCUT2D eigenvalue weighted by molar-refractivity contribution is -0.712. The highest BCUT2D eigenvalue weighted by Crippen LogP contribution is 1.89. The second-order valence-corrected chi connectivity index (χ2v) is 2.77. The molecule has 13 heavy (non-hydrogen) atoms. The lowest BCUT2D eigenvalue weighted by Gasteiger charge is -2.00. The number of hydrogen-bond donors (Lipinski definition) is 0. The summed E-state index contributed by atoms with van der Waals surface area (Å²) in [7, 11) is 0. The van der Waals surface area contributed by atoms with Gasteiger partial charge in [-0.25, -0.2) is 0 Å². The number of hydrogen-bond acceptors (Lipinski definition) is 1. The van der Waals surface area contributed by atoms with Crippen LogP contribution in [-0.2, 0) is 13.1 Å². The standard InChI is InChI=1S/C9H15N2O.ClH/c1-4-10-7-6-8(3)11(5-2)9(10)12;/h6-7H,4-5H2,1-3H3;1H/q+1;/p-1. The Hall–Kier alpha value is -0.830. The number of halogens is 1. The van der Waals surface area contributed by atoms with Crippen LogP contribution in [0.25, 0.3) is 0 Å². The predicted octanol–water partition coefficient (Wildman–Crippen LogP) is -2.51. The Balaban J connectivity index is 0.00000144. The Morgan fingerprint density at radius 2 is 2.08 bits per heavy atom. The van der Waals surface area contributed by atoms with Gasteiger partial charge in [-0.15, -0.1) is 0 Å². The van der Waals surface area contributed by atoms with E-state index >= 15 is 0 Å². The zero-order valence-electron chi connectivity index (χ0n) is 8.25. The van der Waals surface area contributed by atoms with Crippen molar-refractivity contribution in [2.45, 2.75) is 33.9 Å². The molecule has 1 aromatic heterocycles. The molecule has 0 aliphatic heterocycles. The third kappa shape index (κ3) is 2.31. The molecular weight excluding hydrogens is 188 g/mol. The first-order valence-corrected chi connectivity index (χ1v) is 4.30. The monoisotopic (exact) mass is 202 g/mol. The van der Waals surface area contributed by atoms with Gasteiger partial charge < -0.3 is 12.4 Å². The minimum absolute atomic E-state index is 0. The Bertz CT molecular complexity index is 333. The molecule has 74 valence electrons. The third-order valence-electron chi connectivity index (χ3n) is 2.05. The lowest BCUT2D eigenvalue weighted by atomic mass is 10.4. The fraction of sp³-hybridized carbons (Fsp3) is 0.556. The Labute approximate surface area is 84.4 Å². The summed E-state index contributed by atoms with van der Waals surface area (Å²) in [5, 5.41) is 0. The van der Waals surface area contributed by atoms with E-state index in [0.29, 0.717) is 0 Å². The fourth-order valence-corrected chi connectivity index (χ4v) is 1.28. The summed E-state index contributed by atoms with van der Waals surface area (Å²) in [6.07, 6.45) is 1.84. The molecule has 3 nitrogen and oxygen atoms in total. The molecule has 0 saturated heterocycles. The van der Waals surface area contributed by atoms with E-state index < -0.39 is 0 Å². The maximum atomic E-state index is 11.6. The summed E-state index contributed by atoms with van der Waals surface area (Å²) in [6.45, 7) is 7.38. The molecule has 0 unspecified atom stereocenters. The van der Waals surface area contributed by atoms with E-state index in [-0.39, 0.29) is 18.1 Å². The summed E-state index contributed by atoms with van der Waals surface area (Å²) >= 11 is 0. The quantitative estimate of drug-likeness (QED) is 0.487. The largest absolute Gasteiger partial charge is 1.00 e. The van der Waals surface area contributed by atoms with Gasteiger partial charge in [0.05, 0.1) is 19.3 Å². The van der Waals surface area contributed by atoms with Crippen LogP contribution in [0.15, 0.2) is 17.1 Å². The van der Waals surface area contributed by atoms with Crippen molar-refractivity contribution in [3.05, 3.63) is 28.4 Å². The second kappa shape index (κ2) is 5.02. The molecule has 4 heteroatoms. The Kier molecular flexibility index (Phi) is 4.70. The van der Waals surface area contributed by atoms with E-state index in [4.69, 9.17) is 0 Å². The van der Waals surface area contributed by atoms with Gasteiger partial charge in [0.25, 0.3) is 0 Å². The zero-order valence-corrected chi connectivity index (χ0v) is 9.01. The molecule has 1 heterocycles. The summed E-state index contributed by atoms with van der Waals surface area (Å²) in [4.78, 5) is 11.6. The molecule has 0 bridgehead atoms. The van der Waals surface area contributed by atoms with Crippen molar-refractivity contribution in [3.8, 4) is 0 Å². The third-order valence-corrected chi connectivity index (χ3v) is 2.05. The van der Waals surface area contributed by atoms with E-state index in [0.717, 1.165) is 18.8 Å². The fourth-order valence-electron chi connectivity index (χ4n) is 1.28. The number of rotatable bonds is 2. The molecule has 0 aromatic carbocycles. The van der Waals surface area contributed by atoms with Crippen molar-refractivity contribution in [2.24, 2.45) is 0 Å². The average Bonchev–Trinajstić information content (AvgIpc) is 2.06. The maximum absolute atomic E-state index is 11.6. The van der Waals surface area contributed by atoms with Crippen molar-refractivity contribution >= 4 is 0 Å². The number of aromatic nitrogens is 2. The van der Waals surface area contributed by atoms with Crippen LogP contribution in [0.2, 0.25) is 0 Å². The van der Waals surface area contributed by atoms with Gasteiger partial charge in [-0.2, -0.15) is 13.9 Å². The van der Waals surface area contributed by atoms with Gasteiger partial charge in [0.2, 0.25) is 0 Å². The molecule has 0 spiro atoms. The zero-order chi connectivity index (χ0) is 9.14. The van der Waals surface area contributed by atoms with Crippen LogP contribution in [-0.4, -0.2) is 4.57 Å². The van der Waals surface area contributed by atoms with Crippen molar-refractivity contribution < 1.29 is 17.0 Å². The molecule has 1 aromatic rings. The highest BCUT2D eigenvalue weighted by atomic mass is 35.5. The van der Waals surface area contributed by atoms with Crippen LogP contribution in [0, 0.1) is 6.92 Å². The van der Waals surface area contributed by atoms with Crippen LogP contribution in [0.5, 0.6) is 0 Å². The molecule has 1 rings (SSSR count). The van der Waals surface area contributed by atoms with Gasteiger partial charge in [-0.1, -0.05) is 0 Å². The van der Waals surface area contributed by atoms with Crippen LogP contribution < -0.4 is 22.7 Å². The Morgan fingerprint density at radius 1 is 1.46 bits per heavy atom. The molecule has 0 radical (unpaired) electrons. The first-order valence-electron chi connectivity index (χ1n) is 4.30. The molecule has 0 aliphatic carbocycles. The highest BCUT2D eigenvalue weighted by Gasteiger charge is 2.09. The highest BCUT2D eigenvalue weighted by molar-refractivity contribution is 4.94. The van der Waals surface area contributed by atoms with Gasteiger partial charge in [-0.3, -0.25) is 0 Å². The maximum Gasteiger partial charge on any atom is 0.498 e. The first kappa shape index (κ1) is 12.2. The van der Waals surface area contributed by atoms with E-state index in [1.807, 2.05) is 33.0 Å². The number of aryl methyl sites for hydroxylation is 2. The van der Waals surface area contributed by atoms with E-state index in [1.54, 1.807) is 9.13 Å². The summed E-state index contributed by atoms with van der Waals surface area (Å²) in [5.74, 6) is 0. The predicted molar refractivity (Wildman–Crippen MR) is 47.0 cm³/mol. The minimum atomic E-state index is 0. The molecule has 0 atom stereocenters. The van der Waals surface area contributed by atoms with Crippen molar-refractivity contribution in [2.75, 3.05) is 0 Å². The van der Waals surface area contributed by atoms with Crippen molar-refractivity contribution in [3.63, 3.8) is 0 Å². The van der Waals surface area contributed by atoms with Gasteiger partial charge in [0.15, 0.2) is 0 Å². The smallest absolute Gasteiger partial charge is 0.498 e. The van der Waals surface area contributed by atoms with Crippen LogP contribution in [0.4, 0.5) is 0 Å². The topological polar surface area (TPSA) is 25.9 Å². The van der Waals surface area contributed by atoms with Crippen LogP contribution in [0.3, 0.4) is 0 Å². The average molecular weight is 203 g/mol. The number of nitrogens with zero attached hydrogens (tertiary/aromatic N) is 2. The lowest BCUT2D eigenvalue weighted by Crippen LogP contribution is -3.00. The Morgan fingerprint density at radius 3 is 2.54 bits per heavy atom. The normalized spacial score (nSPS) is 9.46.